The number of aromatic nitrogens is 3. The summed E-state index contributed by atoms with van der Waals surface area (Å²) in [5.41, 5.74) is 1.13. The number of phenolic OH excluding ortho intramolecular Hbond substituents is 2. The van der Waals surface area contributed by atoms with E-state index in [1.54, 1.807) is 48.7 Å². The number of aromatic hydroxyl groups is 2. The van der Waals surface area contributed by atoms with E-state index in [1.807, 2.05) is 0 Å². The number of nitriles is 1. The Morgan fingerprint density at radius 1 is 1.14 bits per heavy atom. The standard InChI is InChI=1S/C19H14BrN5O3/c1-28-15-9-11(8-13(20)17(15)27)6-7-16-23-18(25-19(24-16)22-10-21)12-4-2-3-5-14(12)26/h2-9,26-27H,1H3,(H,22,23,24,25)/b7-6+. The van der Waals surface area contributed by atoms with Gasteiger partial charge in [0.1, 0.15) is 5.75 Å². The van der Waals surface area contributed by atoms with Crippen molar-refractivity contribution in [3.63, 3.8) is 0 Å². The number of ether oxygens (including phenoxy) is 1. The lowest BCUT2D eigenvalue weighted by molar-refractivity contribution is 0.372. The van der Waals surface area contributed by atoms with Crippen LogP contribution < -0.4 is 10.1 Å². The maximum Gasteiger partial charge on any atom is 0.240 e. The van der Waals surface area contributed by atoms with Gasteiger partial charge in [-0.3, -0.25) is 5.32 Å². The quantitative estimate of drug-likeness (QED) is 0.405. The molecule has 0 aliphatic heterocycles. The first kappa shape index (κ1) is 19.1. The summed E-state index contributed by atoms with van der Waals surface area (Å²) in [4.78, 5) is 12.6. The topological polar surface area (TPSA) is 124 Å². The monoisotopic (exact) mass is 439 g/mol. The predicted molar refractivity (Wildman–Crippen MR) is 107 cm³/mol. The summed E-state index contributed by atoms with van der Waals surface area (Å²) in [6, 6.07) is 9.96. The number of benzene rings is 2. The first-order valence-electron chi connectivity index (χ1n) is 7.96. The van der Waals surface area contributed by atoms with Crippen LogP contribution in [-0.2, 0) is 0 Å². The van der Waals surface area contributed by atoms with Crippen molar-refractivity contribution in [2.75, 3.05) is 12.4 Å². The fourth-order valence-electron chi connectivity index (χ4n) is 2.37. The second-order valence-corrected chi connectivity index (χ2v) is 6.34. The maximum absolute atomic E-state index is 10.1. The van der Waals surface area contributed by atoms with Crippen molar-refractivity contribution in [2.45, 2.75) is 0 Å². The van der Waals surface area contributed by atoms with Crippen LogP contribution in [0.1, 0.15) is 11.4 Å². The lowest BCUT2D eigenvalue weighted by Gasteiger charge is -2.07. The molecule has 3 N–H and O–H groups in total. The van der Waals surface area contributed by atoms with Crippen LogP contribution in [0.5, 0.6) is 17.2 Å². The molecule has 0 bridgehead atoms. The van der Waals surface area contributed by atoms with Crippen molar-refractivity contribution >= 4 is 34.0 Å². The Labute approximate surface area is 168 Å². The lowest BCUT2D eigenvalue weighted by atomic mass is 10.2. The molecule has 0 fully saturated rings. The minimum atomic E-state index is 0.00200. The van der Waals surface area contributed by atoms with Gasteiger partial charge in [-0.1, -0.05) is 18.2 Å². The smallest absolute Gasteiger partial charge is 0.240 e. The molecule has 0 saturated heterocycles. The Bertz CT molecular complexity index is 1100. The first-order valence-corrected chi connectivity index (χ1v) is 8.75. The molecule has 0 spiro atoms. The van der Waals surface area contributed by atoms with E-state index in [2.05, 4.69) is 36.2 Å². The highest BCUT2D eigenvalue weighted by atomic mass is 79.9. The van der Waals surface area contributed by atoms with Crippen molar-refractivity contribution in [2.24, 2.45) is 0 Å². The van der Waals surface area contributed by atoms with E-state index in [0.717, 1.165) is 5.56 Å². The van der Waals surface area contributed by atoms with Crippen molar-refractivity contribution in [3.8, 4) is 34.8 Å². The van der Waals surface area contributed by atoms with Gasteiger partial charge in [-0.05, 0) is 51.8 Å². The van der Waals surface area contributed by atoms with E-state index in [1.165, 1.54) is 13.2 Å². The van der Waals surface area contributed by atoms with Gasteiger partial charge in [0.2, 0.25) is 5.95 Å². The Morgan fingerprint density at radius 3 is 2.64 bits per heavy atom. The molecular formula is C19H14BrN5O3. The van der Waals surface area contributed by atoms with Crippen LogP contribution in [0.3, 0.4) is 0 Å². The lowest BCUT2D eigenvalue weighted by Crippen LogP contribution is -2.02. The molecule has 3 rings (SSSR count). The summed E-state index contributed by atoms with van der Waals surface area (Å²) in [6.07, 6.45) is 5.10. The maximum atomic E-state index is 10.1. The highest BCUT2D eigenvalue weighted by molar-refractivity contribution is 9.10. The van der Waals surface area contributed by atoms with Gasteiger partial charge in [0.25, 0.3) is 0 Å². The number of hydrogen-bond donors (Lipinski definition) is 3. The molecular weight excluding hydrogens is 426 g/mol. The number of methoxy groups -OCH3 is 1. The molecule has 0 radical (unpaired) electrons. The number of halogens is 1. The molecule has 8 nitrogen and oxygen atoms in total. The molecule has 28 heavy (non-hydrogen) atoms. The highest BCUT2D eigenvalue weighted by Gasteiger charge is 2.11. The number of para-hydroxylation sites is 1. The van der Waals surface area contributed by atoms with E-state index in [-0.39, 0.29) is 29.1 Å². The number of anilines is 1. The van der Waals surface area contributed by atoms with Crippen molar-refractivity contribution < 1.29 is 14.9 Å². The summed E-state index contributed by atoms with van der Waals surface area (Å²) in [5, 5.41) is 31.2. The second-order valence-electron chi connectivity index (χ2n) is 5.48. The largest absolute Gasteiger partial charge is 0.507 e. The van der Waals surface area contributed by atoms with E-state index < -0.39 is 0 Å². The van der Waals surface area contributed by atoms with Crippen LogP contribution in [0.2, 0.25) is 0 Å². The number of nitrogens with zero attached hydrogens (tertiary/aromatic N) is 4. The summed E-state index contributed by atoms with van der Waals surface area (Å²) in [7, 11) is 1.46. The summed E-state index contributed by atoms with van der Waals surface area (Å²) in [6.45, 7) is 0. The van der Waals surface area contributed by atoms with Crippen LogP contribution in [-0.4, -0.2) is 32.3 Å². The molecule has 0 amide bonds. The molecule has 0 saturated carbocycles. The zero-order valence-corrected chi connectivity index (χ0v) is 16.2. The zero-order valence-electron chi connectivity index (χ0n) is 14.6. The van der Waals surface area contributed by atoms with Gasteiger partial charge in [0.15, 0.2) is 29.3 Å². The minimum Gasteiger partial charge on any atom is -0.507 e. The Hall–Kier alpha value is -3.64. The third-order valence-electron chi connectivity index (χ3n) is 3.66. The van der Waals surface area contributed by atoms with Gasteiger partial charge < -0.3 is 14.9 Å². The molecule has 0 atom stereocenters. The first-order chi connectivity index (χ1) is 13.5. The Morgan fingerprint density at radius 2 is 1.93 bits per heavy atom. The average molecular weight is 440 g/mol. The molecule has 0 unspecified atom stereocenters. The van der Waals surface area contributed by atoms with Crippen LogP contribution in [0.25, 0.3) is 23.5 Å². The van der Waals surface area contributed by atoms with Gasteiger partial charge in [-0.25, -0.2) is 4.98 Å². The van der Waals surface area contributed by atoms with Crippen molar-refractivity contribution in [3.05, 3.63) is 52.3 Å². The van der Waals surface area contributed by atoms with Crippen molar-refractivity contribution in [1.29, 1.82) is 5.26 Å². The SMILES string of the molecule is COc1cc(/C=C/c2nc(NC#N)nc(-c3ccccc3O)n2)cc(Br)c1O. The molecule has 0 aliphatic carbocycles. The summed E-state index contributed by atoms with van der Waals surface area (Å²) in [5.74, 6) is 0.872. The summed E-state index contributed by atoms with van der Waals surface area (Å²) < 4.78 is 5.61. The molecule has 2 aromatic carbocycles. The van der Waals surface area contributed by atoms with E-state index in [9.17, 15) is 10.2 Å². The number of rotatable bonds is 5. The predicted octanol–water partition coefficient (Wildman–Crippen LogP) is 3.78. The third kappa shape index (κ3) is 4.19. The molecule has 3 aromatic rings. The fraction of sp³-hybridized carbons (Fsp3) is 0.0526. The minimum absolute atomic E-state index is 0.00200. The molecule has 1 heterocycles. The molecule has 9 heteroatoms. The van der Waals surface area contributed by atoms with Gasteiger partial charge in [-0.15, -0.1) is 0 Å². The van der Waals surface area contributed by atoms with Crippen molar-refractivity contribution in [1.82, 2.24) is 15.0 Å². The van der Waals surface area contributed by atoms with E-state index in [4.69, 9.17) is 10.00 Å². The number of phenols is 2. The summed E-state index contributed by atoms with van der Waals surface area (Å²) >= 11 is 3.27. The number of nitrogens with one attached hydrogen (secondary N) is 1. The zero-order chi connectivity index (χ0) is 20.1. The Kier molecular flexibility index (Phi) is 5.72. The third-order valence-corrected chi connectivity index (χ3v) is 4.27. The van der Waals surface area contributed by atoms with Gasteiger partial charge in [-0.2, -0.15) is 15.2 Å². The van der Waals surface area contributed by atoms with Crippen LogP contribution in [0, 0.1) is 11.5 Å². The van der Waals surface area contributed by atoms with E-state index in [0.29, 0.717) is 15.8 Å². The van der Waals surface area contributed by atoms with Gasteiger partial charge >= 0.3 is 0 Å². The molecule has 0 aliphatic rings. The number of hydrogen-bond acceptors (Lipinski definition) is 8. The highest BCUT2D eigenvalue weighted by Crippen LogP contribution is 2.35. The molecule has 140 valence electrons. The van der Waals surface area contributed by atoms with Crippen LogP contribution >= 0.6 is 15.9 Å². The second kappa shape index (κ2) is 8.37. The van der Waals surface area contributed by atoms with Crippen LogP contribution in [0.15, 0.2) is 40.9 Å². The normalized spacial score (nSPS) is 10.6. The van der Waals surface area contributed by atoms with Gasteiger partial charge in [0, 0.05) is 0 Å². The fourth-order valence-corrected chi connectivity index (χ4v) is 2.83. The average Bonchev–Trinajstić information content (AvgIpc) is 2.69. The van der Waals surface area contributed by atoms with Crippen LogP contribution in [0.4, 0.5) is 5.95 Å². The van der Waals surface area contributed by atoms with E-state index >= 15 is 0 Å². The Balaban J connectivity index is 2.02. The molecule has 1 aromatic heterocycles. The van der Waals surface area contributed by atoms with Gasteiger partial charge in [0.05, 0.1) is 17.1 Å².